The van der Waals surface area contributed by atoms with E-state index in [-0.39, 0.29) is 0 Å². The lowest BCUT2D eigenvalue weighted by atomic mass is 9.69. The van der Waals surface area contributed by atoms with Crippen LogP contribution in [0.2, 0.25) is 0 Å². The zero-order chi connectivity index (χ0) is 14.2. The third-order valence-electron chi connectivity index (χ3n) is 5.42. The van der Waals surface area contributed by atoms with Gasteiger partial charge in [0.15, 0.2) is 0 Å². The van der Waals surface area contributed by atoms with Crippen LogP contribution in [0.1, 0.15) is 45.4 Å². The van der Waals surface area contributed by atoms with Gasteiger partial charge in [-0.05, 0) is 37.0 Å². The van der Waals surface area contributed by atoms with Gasteiger partial charge in [-0.3, -0.25) is 4.90 Å². The molecule has 0 aromatic heterocycles. The Morgan fingerprint density at radius 2 is 1.85 bits per heavy atom. The molecule has 116 valence electrons. The Labute approximate surface area is 122 Å². The lowest BCUT2D eigenvalue weighted by Gasteiger charge is -2.43. The number of nitrogens with one attached hydrogen (secondary N) is 1. The van der Waals surface area contributed by atoms with E-state index in [0.29, 0.717) is 18.5 Å². The molecule has 0 aromatic rings. The van der Waals surface area contributed by atoms with Crippen molar-refractivity contribution >= 4 is 0 Å². The first kappa shape index (κ1) is 14.8. The number of aliphatic hydroxyl groups is 2. The third-order valence-corrected chi connectivity index (χ3v) is 5.42. The van der Waals surface area contributed by atoms with E-state index in [1.165, 1.54) is 38.5 Å². The van der Waals surface area contributed by atoms with E-state index in [2.05, 4.69) is 17.1 Å². The molecule has 3 rings (SSSR count). The summed E-state index contributed by atoms with van der Waals surface area (Å²) in [5.41, 5.74) is 0.351. The van der Waals surface area contributed by atoms with E-state index in [4.69, 9.17) is 0 Å². The van der Waals surface area contributed by atoms with Crippen LogP contribution in [0.4, 0.5) is 0 Å². The van der Waals surface area contributed by atoms with Gasteiger partial charge in [-0.25, -0.2) is 0 Å². The summed E-state index contributed by atoms with van der Waals surface area (Å²) in [6, 6.07) is 0.763. The lowest BCUT2D eigenvalue weighted by molar-refractivity contribution is 0.0572. The molecule has 3 N–H and O–H groups in total. The topological polar surface area (TPSA) is 55.7 Å². The number of nitrogens with zero attached hydrogens (tertiary/aromatic N) is 1. The van der Waals surface area contributed by atoms with E-state index in [1.807, 2.05) is 0 Å². The molecule has 4 unspecified atom stereocenters. The molecule has 2 aliphatic carbocycles. The second-order valence-corrected chi connectivity index (χ2v) is 7.69. The first-order valence-electron chi connectivity index (χ1n) is 8.38. The maximum atomic E-state index is 9.75. The molecule has 3 aliphatic rings. The quantitative estimate of drug-likeness (QED) is 0.703. The van der Waals surface area contributed by atoms with Gasteiger partial charge in [0, 0.05) is 32.2 Å². The van der Waals surface area contributed by atoms with Crippen molar-refractivity contribution in [2.75, 3.05) is 26.2 Å². The van der Waals surface area contributed by atoms with Gasteiger partial charge in [-0.2, -0.15) is 0 Å². The van der Waals surface area contributed by atoms with Crippen LogP contribution in [0.15, 0.2) is 0 Å². The van der Waals surface area contributed by atoms with E-state index < -0.39 is 12.2 Å². The highest BCUT2D eigenvalue weighted by Crippen LogP contribution is 2.40. The van der Waals surface area contributed by atoms with Crippen LogP contribution in [0.3, 0.4) is 0 Å². The van der Waals surface area contributed by atoms with Gasteiger partial charge >= 0.3 is 0 Å². The predicted molar refractivity (Wildman–Crippen MR) is 79.5 cm³/mol. The van der Waals surface area contributed by atoms with Gasteiger partial charge in [-0.1, -0.05) is 19.8 Å². The molecule has 0 radical (unpaired) electrons. The Morgan fingerprint density at radius 1 is 1.15 bits per heavy atom. The van der Waals surface area contributed by atoms with Crippen LogP contribution in [0, 0.1) is 11.3 Å². The number of hydrogen-bond acceptors (Lipinski definition) is 4. The summed E-state index contributed by atoms with van der Waals surface area (Å²) in [7, 11) is 0. The first-order chi connectivity index (χ1) is 9.56. The Balaban J connectivity index is 1.61. The number of aliphatic hydroxyl groups excluding tert-OH is 2. The summed E-state index contributed by atoms with van der Waals surface area (Å²) in [6.07, 6.45) is 6.84. The minimum Gasteiger partial charge on any atom is -0.389 e. The fourth-order valence-corrected chi connectivity index (χ4v) is 4.23. The molecule has 2 saturated carbocycles. The smallest absolute Gasteiger partial charge is 0.0938 e. The maximum Gasteiger partial charge on any atom is 0.0938 e. The molecule has 4 heteroatoms. The SMILES string of the molecule is CC1CCCC(CNC2CC2)(CN2CC(O)C(O)C2)C1. The van der Waals surface area contributed by atoms with Gasteiger partial charge in [0.05, 0.1) is 12.2 Å². The van der Waals surface area contributed by atoms with Crippen LogP contribution >= 0.6 is 0 Å². The van der Waals surface area contributed by atoms with Crippen LogP contribution < -0.4 is 5.32 Å². The van der Waals surface area contributed by atoms with Gasteiger partial charge in [0.2, 0.25) is 0 Å². The Bertz CT molecular complexity index is 324. The normalized spacial score (nSPS) is 43.0. The summed E-state index contributed by atoms with van der Waals surface area (Å²) in [5, 5.41) is 23.2. The van der Waals surface area contributed by atoms with Crippen molar-refractivity contribution in [3.63, 3.8) is 0 Å². The van der Waals surface area contributed by atoms with Crippen LogP contribution in [-0.2, 0) is 0 Å². The monoisotopic (exact) mass is 282 g/mol. The zero-order valence-corrected chi connectivity index (χ0v) is 12.7. The van der Waals surface area contributed by atoms with Gasteiger partial charge in [0.1, 0.15) is 0 Å². The van der Waals surface area contributed by atoms with Crippen molar-refractivity contribution in [1.82, 2.24) is 10.2 Å². The molecule has 0 aromatic carbocycles. The fourth-order valence-electron chi connectivity index (χ4n) is 4.23. The molecule has 0 amide bonds. The summed E-state index contributed by atoms with van der Waals surface area (Å²) in [4.78, 5) is 2.28. The molecule has 4 nitrogen and oxygen atoms in total. The predicted octanol–water partition coefficient (Wildman–Crippen LogP) is 0.972. The van der Waals surface area contributed by atoms with Gasteiger partial charge in [0.25, 0.3) is 0 Å². The van der Waals surface area contributed by atoms with Crippen molar-refractivity contribution in [3.05, 3.63) is 0 Å². The average molecular weight is 282 g/mol. The second-order valence-electron chi connectivity index (χ2n) is 7.69. The highest BCUT2D eigenvalue weighted by Gasteiger charge is 2.40. The molecule has 3 fully saturated rings. The van der Waals surface area contributed by atoms with Crippen LogP contribution in [-0.4, -0.2) is 59.5 Å². The standard InChI is InChI=1S/C16H30N2O2/c1-12-3-2-6-16(7-12,10-17-13-4-5-13)11-18-8-14(19)15(20)9-18/h12-15,17,19-20H,2-11H2,1H3. The first-order valence-corrected chi connectivity index (χ1v) is 8.38. The van der Waals surface area contributed by atoms with E-state index >= 15 is 0 Å². The van der Waals surface area contributed by atoms with Crippen molar-refractivity contribution in [2.24, 2.45) is 11.3 Å². The highest BCUT2D eigenvalue weighted by molar-refractivity contribution is 4.95. The minimum atomic E-state index is -0.551. The van der Waals surface area contributed by atoms with E-state index in [1.54, 1.807) is 0 Å². The Morgan fingerprint density at radius 3 is 2.45 bits per heavy atom. The van der Waals surface area contributed by atoms with Crippen LogP contribution in [0.5, 0.6) is 0 Å². The molecular weight excluding hydrogens is 252 g/mol. The molecule has 1 saturated heterocycles. The molecule has 20 heavy (non-hydrogen) atoms. The molecule has 0 spiro atoms. The molecule has 4 atom stereocenters. The number of likely N-dealkylation sites (tertiary alicyclic amines) is 1. The van der Waals surface area contributed by atoms with Crippen LogP contribution in [0.25, 0.3) is 0 Å². The minimum absolute atomic E-state index is 0.351. The van der Waals surface area contributed by atoms with E-state index in [9.17, 15) is 10.2 Å². The number of hydrogen-bond donors (Lipinski definition) is 3. The van der Waals surface area contributed by atoms with Crippen molar-refractivity contribution in [3.8, 4) is 0 Å². The van der Waals surface area contributed by atoms with E-state index in [0.717, 1.165) is 25.0 Å². The Kier molecular flexibility index (Phi) is 4.37. The van der Waals surface area contributed by atoms with Gasteiger partial charge in [-0.15, -0.1) is 0 Å². The Hall–Kier alpha value is -0.160. The molecular formula is C16H30N2O2. The molecule has 0 bridgehead atoms. The van der Waals surface area contributed by atoms with Crippen molar-refractivity contribution in [1.29, 1.82) is 0 Å². The summed E-state index contributed by atoms with van der Waals surface area (Å²) in [5.74, 6) is 0.808. The molecule has 1 heterocycles. The number of β-amino-alcohol motifs (C(OH)–C–C–N with tert-alkyl or cyclic N) is 2. The fraction of sp³-hybridized carbons (Fsp3) is 1.00. The largest absolute Gasteiger partial charge is 0.389 e. The van der Waals surface area contributed by atoms with Crippen molar-refractivity contribution in [2.45, 2.75) is 63.7 Å². The summed E-state index contributed by atoms with van der Waals surface area (Å²) in [6.45, 7) is 5.80. The highest BCUT2D eigenvalue weighted by atomic mass is 16.3. The second kappa shape index (κ2) is 5.91. The average Bonchev–Trinajstić information content (AvgIpc) is 3.15. The third kappa shape index (κ3) is 3.53. The summed E-state index contributed by atoms with van der Waals surface area (Å²) >= 11 is 0. The lowest BCUT2D eigenvalue weighted by Crippen LogP contribution is -2.47. The zero-order valence-electron chi connectivity index (χ0n) is 12.7. The number of rotatable bonds is 5. The van der Waals surface area contributed by atoms with Crippen molar-refractivity contribution < 1.29 is 10.2 Å². The van der Waals surface area contributed by atoms with Gasteiger partial charge < -0.3 is 15.5 Å². The summed E-state index contributed by atoms with van der Waals surface area (Å²) < 4.78 is 0. The maximum absolute atomic E-state index is 9.75. The molecule has 1 aliphatic heterocycles.